The van der Waals surface area contributed by atoms with Gasteiger partial charge in [-0.05, 0) is 37.3 Å². The predicted molar refractivity (Wildman–Crippen MR) is 101 cm³/mol. The van der Waals surface area contributed by atoms with Gasteiger partial charge in [0, 0.05) is 17.6 Å². The number of aromatic nitrogens is 2. The van der Waals surface area contributed by atoms with Crippen LogP contribution in [0, 0.1) is 6.92 Å². The maximum atomic E-state index is 14.8. The van der Waals surface area contributed by atoms with Gasteiger partial charge in [0.25, 0.3) is 15.9 Å². The third kappa shape index (κ3) is 3.68. The van der Waals surface area contributed by atoms with Gasteiger partial charge >= 0.3 is 35.3 Å². The van der Waals surface area contributed by atoms with Gasteiger partial charge < -0.3 is 5.32 Å². The second-order valence-electron chi connectivity index (χ2n) is 7.64. The van der Waals surface area contributed by atoms with Gasteiger partial charge in [-0.25, -0.2) is 27.5 Å². The SMILES string of the molecule is Cc1ccnc(NS(=O)(=O)c2ccc(NC(=O)C3(F)C(F)(F)C(F)(F)C(F)(F)C(F)(F)C3(F)F)cc2)n1. The maximum Gasteiger partial charge on any atom is 0.384 e. The summed E-state index contributed by atoms with van der Waals surface area (Å²) in [5.74, 6) is -41.0. The molecule has 0 bridgehead atoms. The highest BCUT2D eigenvalue weighted by Gasteiger charge is 3.02. The van der Waals surface area contributed by atoms with E-state index in [0.717, 1.165) is 5.32 Å². The molecule has 37 heavy (non-hydrogen) atoms. The first kappa shape index (κ1) is 28.3. The Bertz CT molecular complexity index is 1300. The third-order valence-electron chi connectivity index (χ3n) is 5.20. The first-order valence-corrected chi connectivity index (χ1v) is 10.9. The number of nitrogens with one attached hydrogen (secondary N) is 2. The van der Waals surface area contributed by atoms with Crippen LogP contribution in [-0.2, 0) is 14.8 Å². The molecule has 0 radical (unpaired) electrons. The number of nitrogens with zero attached hydrogens (tertiary/aromatic N) is 2. The van der Waals surface area contributed by atoms with E-state index in [2.05, 4.69) is 9.97 Å². The van der Waals surface area contributed by atoms with Crippen molar-refractivity contribution in [2.24, 2.45) is 0 Å². The largest absolute Gasteiger partial charge is 0.384 e. The molecule has 1 fully saturated rings. The highest BCUT2D eigenvalue weighted by Crippen LogP contribution is 2.69. The van der Waals surface area contributed by atoms with Crippen molar-refractivity contribution in [1.29, 1.82) is 0 Å². The van der Waals surface area contributed by atoms with Gasteiger partial charge in [-0.2, -0.15) is 43.9 Å². The van der Waals surface area contributed by atoms with Crippen molar-refractivity contribution in [3.63, 3.8) is 0 Å². The van der Waals surface area contributed by atoms with Crippen LogP contribution in [0.1, 0.15) is 5.69 Å². The summed E-state index contributed by atoms with van der Waals surface area (Å²) in [7, 11) is -4.47. The molecular formula is C18H11F11N4O3S. The number of alkyl halides is 11. The number of rotatable bonds is 5. The monoisotopic (exact) mass is 572 g/mol. The number of benzene rings is 1. The summed E-state index contributed by atoms with van der Waals surface area (Å²) in [6.45, 7) is 1.49. The number of aryl methyl sites for hydroxylation is 1. The van der Waals surface area contributed by atoms with Gasteiger partial charge in [-0.3, -0.25) is 4.79 Å². The number of carbonyl (C=O) groups excluding carboxylic acids is 1. The van der Waals surface area contributed by atoms with E-state index in [4.69, 9.17) is 0 Å². The Kier molecular flexibility index (Phi) is 6.22. The van der Waals surface area contributed by atoms with E-state index < -0.39 is 67.7 Å². The number of hydrogen-bond donors (Lipinski definition) is 2. The maximum absolute atomic E-state index is 14.8. The lowest BCUT2D eigenvalue weighted by molar-refractivity contribution is -0.475. The summed E-state index contributed by atoms with van der Waals surface area (Å²) < 4.78 is 178. The molecular weight excluding hydrogens is 561 g/mol. The van der Waals surface area contributed by atoms with Crippen molar-refractivity contribution in [3.8, 4) is 0 Å². The Labute approximate surface area is 199 Å². The van der Waals surface area contributed by atoms with Crippen molar-refractivity contribution in [3.05, 3.63) is 42.2 Å². The molecule has 0 atom stereocenters. The van der Waals surface area contributed by atoms with E-state index in [-0.39, 0.29) is 0 Å². The highest BCUT2D eigenvalue weighted by molar-refractivity contribution is 7.92. The van der Waals surface area contributed by atoms with Crippen LogP contribution in [-0.4, -0.2) is 59.6 Å². The molecule has 0 unspecified atom stereocenters. The van der Waals surface area contributed by atoms with Crippen molar-refractivity contribution in [1.82, 2.24) is 9.97 Å². The zero-order valence-corrected chi connectivity index (χ0v) is 18.5. The molecule has 1 aromatic carbocycles. The number of sulfonamides is 1. The molecule has 0 spiro atoms. The Morgan fingerprint density at radius 2 is 1.22 bits per heavy atom. The summed E-state index contributed by atoms with van der Waals surface area (Å²) >= 11 is 0. The van der Waals surface area contributed by atoms with Gasteiger partial charge in [-0.15, -0.1) is 0 Å². The number of hydrogen-bond acceptors (Lipinski definition) is 5. The number of carbonyl (C=O) groups is 1. The van der Waals surface area contributed by atoms with E-state index in [1.54, 1.807) is 0 Å². The first-order chi connectivity index (χ1) is 16.6. The second kappa shape index (κ2) is 8.12. The smallest absolute Gasteiger partial charge is 0.323 e. The molecule has 0 aliphatic heterocycles. The molecule has 1 saturated carbocycles. The Morgan fingerprint density at radius 3 is 1.68 bits per heavy atom. The van der Waals surface area contributed by atoms with E-state index in [9.17, 15) is 61.5 Å². The average molecular weight is 572 g/mol. The van der Waals surface area contributed by atoms with Crippen molar-refractivity contribution >= 4 is 27.6 Å². The number of anilines is 2. The van der Waals surface area contributed by atoms with Crippen LogP contribution in [0.25, 0.3) is 0 Å². The summed E-state index contributed by atoms with van der Waals surface area (Å²) in [5.41, 5.74) is -7.58. The van der Waals surface area contributed by atoms with Gasteiger partial charge in [-0.1, -0.05) is 0 Å². The molecule has 204 valence electrons. The van der Waals surface area contributed by atoms with Gasteiger partial charge in [0.15, 0.2) is 0 Å². The molecule has 3 rings (SSSR count). The molecule has 1 amide bonds. The normalized spacial score (nSPS) is 22.6. The molecule has 7 nitrogen and oxygen atoms in total. The zero-order chi connectivity index (χ0) is 28.5. The van der Waals surface area contributed by atoms with Crippen LogP contribution in [0.15, 0.2) is 41.4 Å². The lowest BCUT2D eigenvalue weighted by atomic mass is 9.71. The van der Waals surface area contributed by atoms with Gasteiger partial charge in [0.1, 0.15) is 0 Å². The molecule has 19 heteroatoms. The minimum absolute atomic E-state index is 0.344. The molecule has 2 N–H and O–H groups in total. The second-order valence-corrected chi connectivity index (χ2v) is 9.32. The molecule has 1 aliphatic carbocycles. The highest BCUT2D eigenvalue weighted by atomic mass is 32.2. The van der Waals surface area contributed by atoms with Crippen LogP contribution >= 0.6 is 0 Å². The van der Waals surface area contributed by atoms with E-state index in [0.29, 0.717) is 30.0 Å². The van der Waals surface area contributed by atoms with E-state index >= 15 is 0 Å². The van der Waals surface area contributed by atoms with E-state index in [1.165, 1.54) is 19.2 Å². The Morgan fingerprint density at radius 1 is 0.757 bits per heavy atom. The van der Waals surface area contributed by atoms with Crippen LogP contribution < -0.4 is 10.0 Å². The molecule has 1 aromatic heterocycles. The fourth-order valence-corrected chi connectivity index (χ4v) is 4.07. The molecule has 2 aromatic rings. The Hall–Kier alpha value is -3.25. The van der Waals surface area contributed by atoms with Crippen LogP contribution in [0.3, 0.4) is 0 Å². The number of halogens is 11. The summed E-state index contributed by atoms with van der Waals surface area (Å²) in [6, 6.07) is 3.42. The predicted octanol–water partition coefficient (Wildman–Crippen LogP) is 4.42. The quantitative estimate of drug-likeness (QED) is 0.517. The Balaban J connectivity index is 1.94. The summed E-state index contributed by atoms with van der Waals surface area (Å²) in [5, 5.41) is 0.877. The molecule has 1 heterocycles. The fourth-order valence-electron chi connectivity index (χ4n) is 3.12. The summed E-state index contributed by atoms with van der Waals surface area (Å²) in [4.78, 5) is 18.6. The minimum atomic E-state index is -7.47. The third-order valence-corrected chi connectivity index (χ3v) is 6.54. The van der Waals surface area contributed by atoms with E-state index in [1.807, 2.05) is 4.72 Å². The number of amides is 1. The molecule has 1 aliphatic rings. The van der Waals surface area contributed by atoms with Crippen LogP contribution in [0.4, 0.5) is 59.9 Å². The zero-order valence-electron chi connectivity index (χ0n) is 17.6. The fraction of sp³-hybridized carbons (Fsp3) is 0.389. The average Bonchev–Trinajstić information content (AvgIpc) is 2.77. The standard InChI is InChI=1S/C18H11F11N4O3S/c1-8-6-7-30-12(31-8)33-37(35,36)10-4-2-9(3-5-10)32-11(34)13(19)14(20,21)16(24,25)18(28,29)17(26,27)15(13,22)23/h2-7H,1H3,(H,32,34)(H,30,31,33). The van der Waals surface area contributed by atoms with Crippen LogP contribution in [0.5, 0.6) is 0 Å². The first-order valence-electron chi connectivity index (χ1n) is 9.40. The van der Waals surface area contributed by atoms with Crippen LogP contribution in [0.2, 0.25) is 0 Å². The topological polar surface area (TPSA) is 101 Å². The van der Waals surface area contributed by atoms with Crippen molar-refractivity contribution < 1.29 is 61.5 Å². The lowest BCUT2D eigenvalue weighted by Crippen LogP contribution is -2.86. The van der Waals surface area contributed by atoms with Gasteiger partial charge in [0.2, 0.25) is 5.95 Å². The minimum Gasteiger partial charge on any atom is -0.323 e. The lowest BCUT2D eigenvalue weighted by Gasteiger charge is -2.51. The van der Waals surface area contributed by atoms with Crippen molar-refractivity contribution in [2.45, 2.75) is 47.1 Å². The van der Waals surface area contributed by atoms with Crippen molar-refractivity contribution in [2.75, 3.05) is 10.0 Å². The summed E-state index contributed by atoms with van der Waals surface area (Å²) in [6.07, 6.45) is 1.19. The molecule has 0 saturated heterocycles. The van der Waals surface area contributed by atoms with Gasteiger partial charge in [0.05, 0.1) is 4.90 Å².